The molecule has 1 amide bonds. The van der Waals surface area contributed by atoms with E-state index in [9.17, 15) is 9.59 Å². The fraction of sp³-hybridized carbons (Fsp3) is 0.261. The molecule has 184 valence electrons. The third-order valence-electron chi connectivity index (χ3n) is 4.83. The van der Waals surface area contributed by atoms with E-state index in [1.165, 1.54) is 19.4 Å². The van der Waals surface area contributed by atoms with Crippen LogP contribution >= 0.6 is 11.3 Å². The lowest BCUT2D eigenvalue weighted by atomic mass is 9.92. The predicted octanol–water partition coefficient (Wildman–Crippen LogP) is 3.29. The molecular formula is C23H26N6O5S. The average molecular weight is 499 g/mol. The summed E-state index contributed by atoms with van der Waals surface area (Å²) in [4.78, 5) is 29.7. The topological polar surface area (TPSA) is 154 Å². The van der Waals surface area contributed by atoms with Gasteiger partial charge >= 0.3 is 5.63 Å². The highest BCUT2D eigenvalue weighted by molar-refractivity contribution is 7.18. The first-order valence-electron chi connectivity index (χ1n) is 10.4. The van der Waals surface area contributed by atoms with Gasteiger partial charge in [0.1, 0.15) is 0 Å². The SMILES string of the molecule is COCC(C)(Nc1cc(C(=O)Nc2nnc(N=C(C)C=CN)s2)oc(=O)c1OC)c1ccccc1. The van der Waals surface area contributed by atoms with Gasteiger partial charge in [0.05, 0.1) is 24.9 Å². The molecular weight excluding hydrogens is 472 g/mol. The van der Waals surface area contributed by atoms with E-state index in [1.54, 1.807) is 20.1 Å². The molecule has 0 saturated heterocycles. The van der Waals surface area contributed by atoms with Gasteiger partial charge in [-0.25, -0.2) is 9.79 Å². The van der Waals surface area contributed by atoms with Crippen LogP contribution in [-0.2, 0) is 10.3 Å². The summed E-state index contributed by atoms with van der Waals surface area (Å²) in [5.41, 5.74) is 5.58. The average Bonchev–Trinajstić information content (AvgIpc) is 3.26. The van der Waals surface area contributed by atoms with Gasteiger partial charge in [0.2, 0.25) is 16.0 Å². The number of nitrogens with one attached hydrogen (secondary N) is 2. The summed E-state index contributed by atoms with van der Waals surface area (Å²) in [6.07, 6.45) is 2.96. The molecule has 2 aromatic heterocycles. The number of nitrogens with zero attached hydrogens (tertiary/aromatic N) is 3. The molecule has 35 heavy (non-hydrogen) atoms. The number of allylic oxidation sites excluding steroid dienone is 1. The van der Waals surface area contributed by atoms with Crippen molar-refractivity contribution in [1.29, 1.82) is 0 Å². The summed E-state index contributed by atoms with van der Waals surface area (Å²) in [5, 5.41) is 14.1. The number of amides is 1. The van der Waals surface area contributed by atoms with Gasteiger partial charge in [-0.05, 0) is 31.7 Å². The smallest absolute Gasteiger partial charge is 0.381 e. The van der Waals surface area contributed by atoms with Gasteiger partial charge < -0.3 is 24.9 Å². The number of rotatable bonds is 10. The summed E-state index contributed by atoms with van der Waals surface area (Å²) in [7, 11) is 2.92. The number of ether oxygens (including phenoxy) is 2. The predicted molar refractivity (Wildman–Crippen MR) is 135 cm³/mol. The summed E-state index contributed by atoms with van der Waals surface area (Å²) >= 11 is 1.05. The Labute approximate surface area is 205 Å². The van der Waals surface area contributed by atoms with Gasteiger partial charge in [-0.15, -0.1) is 10.2 Å². The molecule has 0 aliphatic rings. The number of carbonyl (C=O) groups excluding carboxylic acids is 1. The van der Waals surface area contributed by atoms with Crippen molar-refractivity contribution in [2.75, 3.05) is 31.5 Å². The molecule has 4 N–H and O–H groups in total. The van der Waals surface area contributed by atoms with Crippen LogP contribution in [-0.4, -0.2) is 42.6 Å². The number of aromatic nitrogens is 2. The Morgan fingerprint density at radius 1 is 1.29 bits per heavy atom. The minimum Gasteiger partial charge on any atom is -0.488 e. The molecule has 0 bridgehead atoms. The minimum atomic E-state index is -0.817. The molecule has 12 heteroatoms. The molecule has 3 rings (SSSR count). The van der Waals surface area contributed by atoms with Crippen molar-refractivity contribution in [3.8, 4) is 5.75 Å². The van der Waals surface area contributed by atoms with Gasteiger partial charge in [-0.2, -0.15) is 0 Å². The molecule has 3 aromatic rings. The third kappa shape index (κ3) is 6.31. The van der Waals surface area contributed by atoms with Crippen molar-refractivity contribution < 1.29 is 18.7 Å². The molecule has 0 aliphatic carbocycles. The first-order chi connectivity index (χ1) is 16.8. The van der Waals surface area contributed by atoms with Crippen LogP contribution in [0.3, 0.4) is 0 Å². The lowest BCUT2D eigenvalue weighted by Crippen LogP contribution is -2.37. The van der Waals surface area contributed by atoms with Gasteiger partial charge in [0, 0.05) is 18.9 Å². The maximum absolute atomic E-state index is 12.9. The number of anilines is 2. The van der Waals surface area contributed by atoms with E-state index in [0.29, 0.717) is 10.8 Å². The summed E-state index contributed by atoms with van der Waals surface area (Å²) < 4.78 is 15.9. The fourth-order valence-electron chi connectivity index (χ4n) is 3.26. The van der Waals surface area contributed by atoms with Crippen LogP contribution in [0.25, 0.3) is 0 Å². The van der Waals surface area contributed by atoms with Crippen LogP contribution in [0.5, 0.6) is 5.75 Å². The molecule has 1 aromatic carbocycles. The molecule has 1 atom stereocenters. The Hall–Kier alpha value is -4.03. The zero-order chi connectivity index (χ0) is 25.4. The van der Waals surface area contributed by atoms with E-state index in [-0.39, 0.29) is 28.9 Å². The van der Waals surface area contributed by atoms with Gasteiger partial charge in [0.25, 0.3) is 5.91 Å². The van der Waals surface area contributed by atoms with E-state index in [4.69, 9.17) is 19.6 Å². The van der Waals surface area contributed by atoms with Crippen LogP contribution < -0.4 is 26.7 Å². The van der Waals surface area contributed by atoms with Crippen molar-refractivity contribution in [2.45, 2.75) is 19.4 Å². The first kappa shape index (κ1) is 25.6. The normalized spacial score (nSPS) is 13.4. The number of hydrogen-bond donors (Lipinski definition) is 3. The van der Waals surface area contributed by atoms with Gasteiger partial charge in [-0.3, -0.25) is 10.1 Å². The largest absolute Gasteiger partial charge is 0.488 e. The van der Waals surface area contributed by atoms with Crippen LogP contribution in [0, 0.1) is 0 Å². The van der Waals surface area contributed by atoms with Gasteiger partial charge in [0.15, 0.2) is 5.76 Å². The van der Waals surface area contributed by atoms with E-state index in [0.717, 1.165) is 16.9 Å². The molecule has 0 saturated carbocycles. The van der Waals surface area contributed by atoms with Crippen LogP contribution in [0.1, 0.15) is 30.0 Å². The van der Waals surface area contributed by atoms with E-state index < -0.39 is 17.1 Å². The Morgan fingerprint density at radius 2 is 2.03 bits per heavy atom. The number of hydrogen-bond acceptors (Lipinski definition) is 11. The Bertz CT molecular complexity index is 1290. The van der Waals surface area contributed by atoms with Crippen molar-refractivity contribution in [1.82, 2.24) is 10.2 Å². The highest BCUT2D eigenvalue weighted by atomic mass is 32.1. The number of carbonyl (C=O) groups is 1. The van der Waals surface area contributed by atoms with Crippen molar-refractivity contribution >= 4 is 38.9 Å². The lowest BCUT2D eigenvalue weighted by Gasteiger charge is -2.32. The highest BCUT2D eigenvalue weighted by Gasteiger charge is 2.29. The standard InChI is InChI=1S/C23H26N6O5S/c1-14(10-11-24)25-21-28-29-22(35-21)26-19(30)17-12-16(18(33-4)20(31)34-17)27-23(2,13-32-3)15-8-6-5-7-9-15/h5-12,27H,13,24H2,1-4H3,(H,26,29,30). The molecule has 1 unspecified atom stereocenters. The number of aliphatic imine (C=N–C) groups is 1. The number of nitrogens with two attached hydrogens (primary N) is 1. The van der Waals surface area contributed by atoms with Crippen molar-refractivity contribution in [2.24, 2.45) is 10.7 Å². The molecule has 11 nitrogen and oxygen atoms in total. The monoisotopic (exact) mass is 498 g/mol. The zero-order valence-corrected chi connectivity index (χ0v) is 20.5. The highest BCUT2D eigenvalue weighted by Crippen LogP contribution is 2.31. The van der Waals surface area contributed by atoms with Crippen molar-refractivity contribution in [3.63, 3.8) is 0 Å². The third-order valence-corrected chi connectivity index (χ3v) is 5.57. The summed E-state index contributed by atoms with van der Waals surface area (Å²) in [6, 6.07) is 10.9. The Morgan fingerprint density at radius 3 is 2.69 bits per heavy atom. The van der Waals surface area contributed by atoms with E-state index >= 15 is 0 Å². The number of benzene rings is 1. The first-order valence-corrected chi connectivity index (χ1v) is 11.2. The van der Waals surface area contributed by atoms with Gasteiger partial charge in [-0.1, -0.05) is 41.7 Å². The lowest BCUT2D eigenvalue weighted by molar-refractivity contribution is 0.0991. The molecule has 0 aliphatic heterocycles. The van der Waals surface area contributed by atoms with Crippen molar-refractivity contribution in [3.05, 3.63) is 70.4 Å². The molecule has 0 fully saturated rings. The van der Waals surface area contributed by atoms with E-state index in [2.05, 4.69) is 25.8 Å². The van der Waals surface area contributed by atoms with Crippen LogP contribution in [0.2, 0.25) is 0 Å². The Kier molecular flexibility index (Phi) is 8.34. The Balaban J connectivity index is 1.91. The minimum absolute atomic E-state index is 0.0734. The zero-order valence-electron chi connectivity index (χ0n) is 19.7. The molecule has 0 spiro atoms. The summed E-state index contributed by atoms with van der Waals surface area (Å²) in [5.74, 6) is -1.00. The fourth-order valence-corrected chi connectivity index (χ4v) is 3.93. The molecule has 2 heterocycles. The maximum atomic E-state index is 12.9. The quantitative estimate of drug-likeness (QED) is 0.357. The van der Waals surface area contributed by atoms with E-state index in [1.807, 2.05) is 37.3 Å². The number of methoxy groups -OCH3 is 2. The second kappa shape index (κ2) is 11.4. The maximum Gasteiger partial charge on any atom is 0.381 e. The second-order valence-corrected chi connectivity index (χ2v) is 8.51. The second-order valence-electron chi connectivity index (χ2n) is 7.56. The van der Waals surface area contributed by atoms with Crippen LogP contribution in [0.4, 0.5) is 16.0 Å². The van der Waals surface area contributed by atoms with Crippen LogP contribution in [0.15, 0.2) is 62.9 Å². The molecule has 0 radical (unpaired) electrons. The summed E-state index contributed by atoms with van der Waals surface area (Å²) in [6.45, 7) is 3.93.